The van der Waals surface area contributed by atoms with Gasteiger partial charge in [-0.2, -0.15) is 4.31 Å². The van der Waals surface area contributed by atoms with Crippen LogP contribution in [0, 0.1) is 13.8 Å². The number of hydrogen-bond acceptors (Lipinski definition) is 6. The Morgan fingerprint density at radius 3 is 2.73 bits per heavy atom. The van der Waals surface area contributed by atoms with E-state index in [2.05, 4.69) is 5.16 Å². The maximum Gasteiger partial charge on any atom is 0.307 e. The first kappa shape index (κ1) is 18.6. The molecule has 0 N–H and O–H groups in total. The lowest BCUT2D eigenvalue weighted by molar-refractivity contribution is -0.144. The highest BCUT2D eigenvalue weighted by atomic mass is 32.2. The number of sulfonamides is 1. The number of ether oxygens (including phenoxy) is 1. The van der Waals surface area contributed by atoms with Gasteiger partial charge in [-0.05, 0) is 38.3 Å². The summed E-state index contributed by atoms with van der Waals surface area (Å²) in [5.41, 5.74) is 2.20. The van der Waals surface area contributed by atoms with E-state index in [0.29, 0.717) is 12.1 Å². The molecule has 8 heteroatoms. The first-order valence-electron chi connectivity index (χ1n) is 8.54. The molecule has 7 nitrogen and oxygen atoms in total. The second-order valence-electron chi connectivity index (χ2n) is 6.24. The quantitative estimate of drug-likeness (QED) is 0.743. The molecule has 26 heavy (non-hydrogen) atoms. The molecule has 140 valence electrons. The summed E-state index contributed by atoms with van der Waals surface area (Å²) in [4.78, 5) is 12.2. The molecular formula is C18H22N2O5S. The molecule has 1 unspecified atom stereocenters. The molecule has 0 aliphatic carbocycles. The molecule has 0 amide bonds. The van der Waals surface area contributed by atoms with Gasteiger partial charge in [-0.15, -0.1) is 0 Å². The Morgan fingerprint density at radius 1 is 1.35 bits per heavy atom. The summed E-state index contributed by atoms with van der Waals surface area (Å²) in [5, 5.41) is 3.76. The number of fused-ring (bicyclic) bond motifs is 1. The summed E-state index contributed by atoms with van der Waals surface area (Å²) >= 11 is 0. The van der Waals surface area contributed by atoms with Gasteiger partial charge in [0.05, 0.1) is 19.1 Å². The maximum atomic E-state index is 13.3. The maximum absolute atomic E-state index is 13.3. The van der Waals surface area contributed by atoms with Gasteiger partial charge in [-0.25, -0.2) is 8.42 Å². The first-order chi connectivity index (χ1) is 12.4. The van der Waals surface area contributed by atoms with Crippen LogP contribution in [0.3, 0.4) is 0 Å². The number of aromatic nitrogens is 1. The predicted molar refractivity (Wildman–Crippen MR) is 94.0 cm³/mol. The lowest BCUT2D eigenvalue weighted by atomic mass is 9.92. The molecule has 2 aromatic rings. The SMILES string of the molecule is CCOC(=O)CC1c2ccccc2CCN1S(=O)(=O)c1c(C)noc1C. The van der Waals surface area contributed by atoms with Crippen LogP contribution in [0.5, 0.6) is 0 Å². The van der Waals surface area contributed by atoms with Gasteiger partial charge in [0.25, 0.3) is 0 Å². The van der Waals surface area contributed by atoms with Crippen molar-refractivity contribution in [1.29, 1.82) is 0 Å². The zero-order valence-corrected chi connectivity index (χ0v) is 15.9. The lowest BCUT2D eigenvalue weighted by Gasteiger charge is -2.35. The third kappa shape index (κ3) is 3.26. The van der Waals surface area contributed by atoms with Crippen LogP contribution in [-0.2, 0) is 26.0 Å². The smallest absolute Gasteiger partial charge is 0.307 e. The molecule has 0 bridgehead atoms. The van der Waals surface area contributed by atoms with Gasteiger partial charge in [0.2, 0.25) is 10.0 Å². The van der Waals surface area contributed by atoms with E-state index in [1.54, 1.807) is 20.8 Å². The molecule has 1 atom stereocenters. The summed E-state index contributed by atoms with van der Waals surface area (Å²) in [6, 6.07) is 6.99. The van der Waals surface area contributed by atoms with Crippen LogP contribution >= 0.6 is 0 Å². The molecule has 0 saturated heterocycles. The zero-order chi connectivity index (χ0) is 18.9. The Balaban J connectivity index is 2.06. The Kier molecular flexibility index (Phi) is 5.15. The van der Waals surface area contributed by atoms with Gasteiger partial charge < -0.3 is 9.26 Å². The minimum atomic E-state index is -3.86. The van der Waals surface area contributed by atoms with Crippen molar-refractivity contribution in [3.63, 3.8) is 0 Å². The van der Waals surface area contributed by atoms with Crippen molar-refractivity contribution < 1.29 is 22.5 Å². The van der Waals surface area contributed by atoms with Gasteiger partial charge in [0.1, 0.15) is 10.6 Å². The van der Waals surface area contributed by atoms with E-state index in [9.17, 15) is 13.2 Å². The largest absolute Gasteiger partial charge is 0.466 e. The number of carbonyl (C=O) groups excluding carboxylic acids is 1. The van der Waals surface area contributed by atoms with Crippen molar-refractivity contribution in [2.45, 2.75) is 44.6 Å². The molecule has 1 aliphatic rings. The van der Waals surface area contributed by atoms with E-state index in [-0.39, 0.29) is 30.2 Å². The summed E-state index contributed by atoms with van der Waals surface area (Å²) in [6.45, 7) is 5.44. The summed E-state index contributed by atoms with van der Waals surface area (Å²) in [7, 11) is -3.86. The van der Waals surface area contributed by atoms with Crippen LogP contribution in [0.25, 0.3) is 0 Å². The van der Waals surface area contributed by atoms with E-state index in [1.807, 2.05) is 24.3 Å². The highest BCUT2D eigenvalue weighted by Crippen LogP contribution is 2.37. The third-order valence-electron chi connectivity index (χ3n) is 4.56. The van der Waals surface area contributed by atoms with Gasteiger partial charge in [-0.3, -0.25) is 4.79 Å². The number of esters is 1. The minimum Gasteiger partial charge on any atom is -0.466 e. The molecule has 1 aromatic heterocycles. The number of benzene rings is 1. The Bertz CT molecular complexity index is 900. The summed E-state index contributed by atoms with van der Waals surface area (Å²) < 4.78 is 38.1. The Hall–Kier alpha value is -2.19. The van der Waals surface area contributed by atoms with Crippen LogP contribution in [-0.4, -0.2) is 37.0 Å². The lowest BCUT2D eigenvalue weighted by Crippen LogP contribution is -2.41. The summed E-state index contributed by atoms with van der Waals surface area (Å²) in [6.07, 6.45) is 0.547. The molecule has 0 saturated carbocycles. The van der Waals surface area contributed by atoms with Crippen molar-refractivity contribution in [3.8, 4) is 0 Å². The number of carbonyl (C=O) groups is 1. The monoisotopic (exact) mass is 378 g/mol. The Labute approximate surface area is 153 Å². The second-order valence-corrected chi connectivity index (χ2v) is 8.07. The molecule has 0 fully saturated rings. The number of hydrogen-bond donors (Lipinski definition) is 0. The number of aryl methyl sites for hydroxylation is 2. The van der Waals surface area contributed by atoms with E-state index >= 15 is 0 Å². The average Bonchev–Trinajstić information content (AvgIpc) is 2.94. The number of nitrogens with zero attached hydrogens (tertiary/aromatic N) is 2. The topological polar surface area (TPSA) is 89.7 Å². The summed E-state index contributed by atoms with van der Waals surface area (Å²) in [5.74, 6) is -0.176. The van der Waals surface area contributed by atoms with E-state index in [0.717, 1.165) is 11.1 Å². The highest BCUT2D eigenvalue weighted by molar-refractivity contribution is 7.89. The van der Waals surface area contributed by atoms with Gasteiger partial charge >= 0.3 is 5.97 Å². The Morgan fingerprint density at radius 2 is 2.08 bits per heavy atom. The highest BCUT2D eigenvalue weighted by Gasteiger charge is 2.40. The van der Waals surface area contributed by atoms with E-state index in [4.69, 9.17) is 9.26 Å². The van der Waals surface area contributed by atoms with Gasteiger partial charge in [-0.1, -0.05) is 29.4 Å². The molecular weight excluding hydrogens is 356 g/mol. The fraction of sp³-hybridized carbons (Fsp3) is 0.444. The zero-order valence-electron chi connectivity index (χ0n) is 15.1. The molecule has 0 spiro atoms. The molecule has 0 radical (unpaired) electrons. The fourth-order valence-electron chi connectivity index (χ4n) is 3.47. The van der Waals surface area contributed by atoms with E-state index in [1.165, 1.54) is 4.31 Å². The fourth-order valence-corrected chi connectivity index (χ4v) is 5.37. The molecule has 1 aliphatic heterocycles. The van der Waals surface area contributed by atoms with Crippen LogP contribution in [0.4, 0.5) is 0 Å². The molecule has 1 aromatic carbocycles. The van der Waals surface area contributed by atoms with Crippen LogP contribution in [0.15, 0.2) is 33.7 Å². The van der Waals surface area contributed by atoms with Gasteiger partial charge in [0.15, 0.2) is 5.76 Å². The van der Waals surface area contributed by atoms with E-state index < -0.39 is 22.0 Å². The predicted octanol–water partition coefficient (Wildman–Crippen LogP) is 2.53. The minimum absolute atomic E-state index is 0.0343. The van der Waals surface area contributed by atoms with Crippen molar-refractivity contribution in [2.24, 2.45) is 0 Å². The van der Waals surface area contributed by atoms with Crippen LogP contribution in [0.2, 0.25) is 0 Å². The molecule has 2 heterocycles. The second kappa shape index (κ2) is 7.20. The standard InChI is InChI=1S/C18H22N2O5S/c1-4-24-17(21)11-16-15-8-6-5-7-14(15)9-10-20(16)26(22,23)18-12(2)19-25-13(18)3/h5-8,16H,4,9-11H2,1-3H3. The van der Waals surface area contributed by atoms with Crippen LogP contribution < -0.4 is 0 Å². The normalized spacial score (nSPS) is 17.7. The number of rotatable bonds is 5. The van der Waals surface area contributed by atoms with Crippen molar-refractivity contribution in [1.82, 2.24) is 9.46 Å². The average molecular weight is 378 g/mol. The molecule has 3 rings (SSSR count). The van der Waals surface area contributed by atoms with Crippen molar-refractivity contribution in [3.05, 3.63) is 46.8 Å². The van der Waals surface area contributed by atoms with Crippen molar-refractivity contribution in [2.75, 3.05) is 13.2 Å². The van der Waals surface area contributed by atoms with Crippen LogP contribution in [0.1, 0.15) is 42.0 Å². The van der Waals surface area contributed by atoms with Crippen molar-refractivity contribution >= 4 is 16.0 Å². The first-order valence-corrected chi connectivity index (χ1v) is 9.98. The third-order valence-corrected chi connectivity index (χ3v) is 6.72. The van der Waals surface area contributed by atoms with Gasteiger partial charge in [0, 0.05) is 6.54 Å².